The molecule has 2 amide bonds. The molecule has 0 aromatic heterocycles. The van der Waals surface area contributed by atoms with E-state index in [9.17, 15) is 48.9 Å². The Labute approximate surface area is 547 Å². The van der Waals surface area contributed by atoms with Crippen molar-refractivity contribution < 1.29 is 76.5 Å². The van der Waals surface area contributed by atoms with Crippen LogP contribution >= 0.6 is 15.6 Å². The Kier molecular flexibility index (Phi) is 40.8. The zero-order valence-corrected chi connectivity index (χ0v) is 59.6. The topological polar surface area (TPSA) is 275 Å². The van der Waals surface area contributed by atoms with Gasteiger partial charge in [0.15, 0.2) is 12.6 Å². The number of amides is 2. The number of aliphatic hydroxyl groups is 4. The molecule has 2 fully saturated rings. The minimum absolute atomic E-state index is 0.546. The van der Waals surface area contributed by atoms with Crippen molar-refractivity contribution in [2.24, 2.45) is 0 Å². The summed E-state index contributed by atoms with van der Waals surface area (Å²) in [5.41, 5.74) is 15.1. The number of hydrogen-bond donors (Lipinski definition) is 6. The van der Waals surface area contributed by atoms with E-state index in [-0.39, 0.29) is 0 Å². The molecular weight excluding hydrogens is 1200 g/mol. The Morgan fingerprint density at radius 2 is 0.758 bits per heavy atom. The molecular formula is C71H116N2O16P2-2. The molecule has 518 valence electrons. The summed E-state index contributed by atoms with van der Waals surface area (Å²) in [7, 11) is -11.5. The van der Waals surface area contributed by atoms with Crippen LogP contribution < -0.4 is 20.4 Å². The Hall–Kier alpha value is -3.94. The summed E-state index contributed by atoms with van der Waals surface area (Å²) in [5, 5.41) is 45.9. The molecule has 12 atom stereocenters. The fraction of sp³-hybridized carbons (Fsp3) is 0.662. The largest absolute Gasteiger partial charge is 0.756 e. The third-order valence-electron chi connectivity index (χ3n) is 16.2. The van der Waals surface area contributed by atoms with Crippen molar-refractivity contribution in [3.63, 3.8) is 0 Å². The number of nitrogens with one attached hydrogen (secondary N) is 2. The molecule has 91 heavy (non-hydrogen) atoms. The first kappa shape index (κ1) is 83.2. The molecule has 20 heteroatoms. The lowest BCUT2D eigenvalue weighted by molar-refractivity contribution is -0.331. The summed E-state index contributed by atoms with van der Waals surface area (Å²) >= 11 is 0. The van der Waals surface area contributed by atoms with Gasteiger partial charge in [0.05, 0.1) is 25.4 Å². The van der Waals surface area contributed by atoms with Gasteiger partial charge in [-0.2, -0.15) is 0 Å². The number of phosphoric ester groups is 2. The van der Waals surface area contributed by atoms with E-state index in [1.807, 2.05) is 0 Å². The molecule has 6 N–H and O–H groups in total. The van der Waals surface area contributed by atoms with Crippen LogP contribution in [-0.2, 0) is 46.3 Å². The van der Waals surface area contributed by atoms with Gasteiger partial charge < -0.3 is 59.6 Å². The van der Waals surface area contributed by atoms with Gasteiger partial charge in [0, 0.05) is 13.8 Å². The summed E-state index contributed by atoms with van der Waals surface area (Å²) in [5.74, 6) is -1.41. The van der Waals surface area contributed by atoms with Crippen LogP contribution in [0.15, 0.2) is 128 Å². The Morgan fingerprint density at radius 1 is 0.440 bits per heavy atom. The first-order chi connectivity index (χ1) is 42.8. The van der Waals surface area contributed by atoms with Gasteiger partial charge in [-0.05, 0) is 218 Å². The highest BCUT2D eigenvalue weighted by molar-refractivity contribution is 7.59. The third kappa shape index (κ3) is 37.1. The first-order valence-electron chi connectivity index (χ1n) is 32.8. The van der Waals surface area contributed by atoms with Crippen molar-refractivity contribution in [3.8, 4) is 0 Å². The fourth-order valence-electron chi connectivity index (χ4n) is 10.5. The van der Waals surface area contributed by atoms with E-state index in [0.717, 1.165) is 135 Å². The quantitative estimate of drug-likeness (QED) is 0.0245. The molecule has 18 nitrogen and oxygen atoms in total. The van der Waals surface area contributed by atoms with Crippen molar-refractivity contribution in [2.45, 2.75) is 294 Å². The van der Waals surface area contributed by atoms with Crippen LogP contribution in [-0.4, -0.2) is 107 Å². The Bertz CT molecular complexity index is 2690. The molecule has 2 aliphatic heterocycles. The lowest BCUT2D eigenvalue weighted by Gasteiger charge is -2.49. The number of carbonyl (C=O) groups is 2. The van der Waals surface area contributed by atoms with Gasteiger partial charge in [0.1, 0.15) is 36.6 Å². The zero-order chi connectivity index (χ0) is 68.3. The monoisotopic (exact) mass is 1310 g/mol. The van der Waals surface area contributed by atoms with Gasteiger partial charge >= 0.3 is 0 Å². The van der Waals surface area contributed by atoms with Crippen molar-refractivity contribution >= 4 is 27.5 Å². The lowest BCUT2D eigenvalue weighted by Crippen LogP contribution is -2.70. The summed E-state index contributed by atoms with van der Waals surface area (Å²) in [6, 6.07) is -2.90. The molecule has 2 saturated heterocycles. The number of rotatable bonds is 42. The summed E-state index contributed by atoms with van der Waals surface area (Å²) in [4.78, 5) is 50.5. The van der Waals surface area contributed by atoms with E-state index >= 15 is 0 Å². The molecule has 0 spiro atoms. The second-order valence-electron chi connectivity index (χ2n) is 25.5. The van der Waals surface area contributed by atoms with Gasteiger partial charge in [0.25, 0.3) is 15.6 Å². The SMILES string of the molecule is CC(=O)N[C@H]1[C@@H](OP(=O)([O-])OP(=O)([O-])OC/C=C(/C)CC/C=C(/C)CC/C=C(/C)CC/C=C(/C)CC/C=C(/C)CC/C=C(/C)CC/C=C(/C)CC/C=C(\C)CC/C=C(\C)CC/C=C(\C)CCC=C(C)C)O[C@H](C)[C@@H](NC(C)=O)[C@@H]1O[C@H]1O[C@H](CO)[C@H](O)[C@H](O)[C@H]1O. The standard InChI is InChI=1S/C71H118N2O16P2/c1-49(2)26-16-27-50(3)28-17-29-51(4)30-18-31-52(5)32-19-33-53(6)34-20-35-54(7)36-21-37-55(8)38-22-39-56(9)40-23-41-57(10)42-24-43-58(11)44-25-45-59(12)46-47-84-90(80,81)89-91(82,83)88-70-65(73-62(15)76)69(64(60(13)85-70)72-61(14)75)87-71-68(79)67(78)66(77)63(48-74)86-71/h26,28,30,32,34,36,38,40,42,44,46,60,63-71,74,77-79H,16-25,27,29,31,33,35,37,39,41,43,45,47-48H2,1-15H3,(H,72,75)(H,73,76)(H,80,81)(H,82,83)/p-2/b50-28+,51-30+,52-32+,53-34-,54-36-,55-38-,56-40-,57-42-,58-44-,59-46-/t60-,63-,64-,65-,66+,67+,68-,69+,70-,71-/m1/s1. The zero-order valence-electron chi connectivity index (χ0n) is 57.8. The lowest BCUT2D eigenvalue weighted by atomic mass is 9.93. The van der Waals surface area contributed by atoms with Crippen molar-refractivity contribution in [1.29, 1.82) is 0 Å². The van der Waals surface area contributed by atoms with Crippen molar-refractivity contribution in [2.75, 3.05) is 13.2 Å². The minimum Gasteiger partial charge on any atom is -0.756 e. The second-order valence-corrected chi connectivity index (χ2v) is 28.4. The Morgan fingerprint density at radius 3 is 1.08 bits per heavy atom. The van der Waals surface area contributed by atoms with Crippen LogP contribution in [0.25, 0.3) is 0 Å². The van der Waals surface area contributed by atoms with Crippen LogP contribution in [0.2, 0.25) is 0 Å². The predicted octanol–water partition coefficient (Wildman–Crippen LogP) is 14.1. The molecule has 0 aliphatic carbocycles. The van der Waals surface area contributed by atoms with Gasteiger partial charge in [-0.25, -0.2) is 4.31 Å². The van der Waals surface area contributed by atoms with E-state index in [1.165, 1.54) is 68.7 Å². The summed E-state index contributed by atoms with van der Waals surface area (Å²) in [6.45, 7) is 28.4. The van der Waals surface area contributed by atoms with Gasteiger partial charge in [-0.1, -0.05) is 128 Å². The molecule has 0 saturated carbocycles. The molecule has 2 aliphatic rings. The average molecular weight is 1320 g/mol. The maximum Gasteiger partial charge on any atom is 0.276 e. The van der Waals surface area contributed by atoms with E-state index in [0.29, 0.717) is 12.8 Å². The summed E-state index contributed by atoms with van der Waals surface area (Å²) < 4.78 is 57.2. The average Bonchev–Trinajstić information content (AvgIpc) is 0.792. The molecule has 0 aromatic carbocycles. The fourth-order valence-corrected chi connectivity index (χ4v) is 12.5. The van der Waals surface area contributed by atoms with Crippen LogP contribution in [0.1, 0.15) is 232 Å². The second kappa shape index (κ2) is 44.7. The van der Waals surface area contributed by atoms with E-state index < -0.39 is 102 Å². The number of phosphoric acid groups is 2. The summed E-state index contributed by atoms with van der Waals surface area (Å²) in [6.07, 6.45) is 32.3. The molecule has 0 radical (unpaired) electrons. The molecule has 2 heterocycles. The van der Waals surface area contributed by atoms with Gasteiger partial charge in [-0.3, -0.25) is 23.2 Å². The molecule has 0 bridgehead atoms. The molecule has 2 unspecified atom stereocenters. The van der Waals surface area contributed by atoms with Crippen molar-refractivity contribution in [3.05, 3.63) is 128 Å². The number of carbonyl (C=O) groups excluding carboxylic acids is 2. The van der Waals surface area contributed by atoms with Gasteiger partial charge in [-0.15, -0.1) is 0 Å². The highest BCUT2D eigenvalue weighted by Gasteiger charge is 2.52. The number of ether oxygens (including phenoxy) is 3. The van der Waals surface area contributed by atoms with Gasteiger partial charge in [0.2, 0.25) is 11.8 Å². The van der Waals surface area contributed by atoms with Crippen molar-refractivity contribution in [1.82, 2.24) is 10.6 Å². The van der Waals surface area contributed by atoms with Crippen LogP contribution in [0, 0.1) is 0 Å². The normalized spacial score (nSPS) is 25.3. The maximum absolute atomic E-state index is 13.1. The van der Waals surface area contributed by atoms with Crippen LogP contribution in [0.5, 0.6) is 0 Å². The van der Waals surface area contributed by atoms with E-state index in [1.54, 1.807) is 6.92 Å². The number of aliphatic hydroxyl groups excluding tert-OH is 4. The van der Waals surface area contributed by atoms with Crippen LogP contribution in [0.3, 0.4) is 0 Å². The molecule has 0 aromatic rings. The minimum atomic E-state index is -5.89. The highest BCUT2D eigenvalue weighted by atomic mass is 31.3. The number of hydrogen-bond acceptors (Lipinski definition) is 16. The van der Waals surface area contributed by atoms with Crippen LogP contribution in [0.4, 0.5) is 0 Å². The van der Waals surface area contributed by atoms with E-state index in [2.05, 4.69) is 152 Å². The number of allylic oxidation sites excluding steroid dienone is 21. The third-order valence-corrected chi connectivity index (χ3v) is 18.7. The Balaban J connectivity index is 1.72. The maximum atomic E-state index is 13.1. The highest BCUT2D eigenvalue weighted by Crippen LogP contribution is 2.57. The smallest absolute Gasteiger partial charge is 0.276 e. The predicted molar refractivity (Wildman–Crippen MR) is 361 cm³/mol. The van der Waals surface area contributed by atoms with E-state index in [4.69, 9.17) is 23.3 Å². The molecule has 2 rings (SSSR count). The first-order valence-corrected chi connectivity index (χ1v) is 35.8.